The number of nitrogens with one attached hydrogen (secondary N) is 1. The molecule has 1 aromatic heterocycles. The molecule has 1 aromatic rings. The van der Waals surface area contributed by atoms with Crippen molar-refractivity contribution in [3.05, 3.63) is 23.9 Å². The summed E-state index contributed by atoms with van der Waals surface area (Å²) in [5.74, 6) is 1.38. The summed E-state index contributed by atoms with van der Waals surface area (Å²) in [5.41, 5.74) is 1.04. The predicted molar refractivity (Wildman–Crippen MR) is 87.0 cm³/mol. The van der Waals surface area contributed by atoms with E-state index in [0.29, 0.717) is 19.0 Å². The minimum atomic E-state index is -0.0304. The van der Waals surface area contributed by atoms with E-state index in [9.17, 15) is 4.79 Å². The highest BCUT2D eigenvalue weighted by molar-refractivity contribution is 5.74. The molecule has 122 valence electrons. The first-order valence-corrected chi connectivity index (χ1v) is 7.69. The third kappa shape index (κ3) is 4.10. The van der Waals surface area contributed by atoms with Crippen molar-refractivity contribution in [2.45, 2.75) is 26.0 Å². The number of likely N-dealkylation sites (tertiary alicyclic amines) is 1. The van der Waals surface area contributed by atoms with Crippen molar-refractivity contribution in [1.29, 1.82) is 0 Å². The van der Waals surface area contributed by atoms with Gasteiger partial charge >= 0.3 is 6.03 Å². The first-order chi connectivity index (χ1) is 10.5. The third-order valence-electron chi connectivity index (χ3n) is 4.19. The fourth-order valence-corrected chi connectivity index (χ4v) is 2.63. The minimum Gasteiger partial charge on any atom is -0.379 e. The molecule has 0 aromatic carbocycles. The lowest BCUT2D eigenvalue weighted by Crippen LogP contribution is -2.50. The molecule has 0 aliphatic carbocycles. The molecule has 2 atom stereocenters. The van der Waals surface area contributed by atoms with Crippen molar-refractivity contribution < 1.29 is 9.53 Å². The Kier molecular flexibility index (Phi) is 5.60. The second-order valence-electron chi connectivity index (χ2n) is 6.06. The fourth-order valence-electron chi connectivity index (χ4n) is 2.63. The summed E-state index contributed by atoms with van der Waals surface area (Å²) in [6.45, 7) is 4.12. The summed E-state index contributed by atoms with van der Waals surface area (Å²) < 4.78 is 5.45. The standard InChI is InChI=1S/C16H26N4O2/c1-12-6-8-20(11-14(12)22-4)16(21)18-10-13-5-7-17-15(9-13)19(2)3/h5,7,9,12,14H,6,8,10-11H2,1-4H3,(H,18,21)/t12-,14-/m0/s1. The van der Waals surface area contributed by atoms with E-state index in [1.54, 1.807) is 13.3 Å². The van der Waals surface area contributed by atoms with Crippen LogP contribution in [-0.4, -0.2) is 56.3 Å². The zero-order chi connectivity index (χ0) is 16.1. The van der Waals surface area contributed by atoms with Gasteiger partial charge in [0.1, 0.15) is 5.82 Å². The lowest BCUT2D eigenvalue weighted by Gasteiger charge is -2.36. The van der Waals surface area contributed by atoms with Gasteiger partial charge in [-0.3, -0.25) is 0 Å². The van der Waals surface area contributed by atoms with Gasteiger partial charge in [0.05, 0.1) is 6.10 Å². The zero-order valence-corrected chi connectivity index (χ0v) is 13.9. The number of piperidine rings is 1. The number of carbonyl (C=O) groups excluding carboxylic acids is 1. The predicted octanol–water partition coefficient (Wildman–Crippen LogP) is 1.71. The Bertz CT molecular complexity index is 507. The zero-order valence-electron chi connectivity index (χ0n) is 13.9. The van der Waals surface area contributed by atoms with Gasteiger partial charge in [-0.15, -0.1) is 0 Å². The number of urea groups is 1. The van der Waals surface area contributed by atoms with Crippen LogP contribution in [0.5, 0.6) is 0 Å². The van der Waals surface area contributed by atoms with Gasteiger partial charge in [0.25, 0.3) is 0 Å². The smallest absolute Gasteiger partial charge is 0.317 e. The number of ether oxygens (including phenoxy) is 1. The molecule has 0 unspecified atom stereocenters. The number of anilines is 1. The number of pyridine rings is 1. The topological polar surface area (TPSA) is 57.7 Å². The summed E-state index contributed by atoms with van der Waals surface area (Å²) >= 11 is 0. The number of hydrogen-bond donors (Lipinski definition) is 1. The molecule has 6 heteroatoms. The highest BCUT2D eigenvalue weighted by Gasteiger charge is 2.28. The number of methoxy groups -OCH3 is 1. The van der Waals surface area contributed by atoms with E-state index >= 15 is 0 Å². The highest BCUT2D eigenvalue weighted by atomic mass is 16.5. The molecule has 1 N–H and O–H groups in total. The summed E-state index contributed by atoms with van der Waals surface area (Å²) in [5, 5.41) is 2.98. The molecule has 6 nitrogen and oxygen atoms in total. The molecule has 0 spiro atoms. The highest BCUT2D eigenvalue weighted by Crippen LogP contribution is 2.19. The summed E-state index contributed by atoms with van der Waals surface area (Å²) in [4.78, 5) is 20.3. The van der Waals surface area contributed by atoms with E-state index in [0.717, 1.165) is 24.3 Å². The molecule has 1 aliphatic heterocycles. The quantitative estimate of drug-likeness (QED) is 0.920. The number of rotatable bonds is 4. The lowest BCUT2D eigenvalue weighted by molar-refractivity contribution is 0.00714. The number of amides is 2. The molecular weight excluding hydrogens is 280 g/mol. The van der Waals surface area contributed by atoms with Gasteiger partial charge in [0, 0.05) is 47.0 Å². The van der Waals surface area contributed by atoms with Gasteiger partial charge in [-0.25, -0.2) is 9.78 Å². The molecule has 1 fully saturated rings. The first-order valence-electron chi connectivity index (χ1n) is 7.69. The number of aromatic nitrogens is 1. The average molecular weight is 306 g/mol. The van der Waals surface area contributed by atoms with Crippen molar-refractivity contribution >= 4 is 11.8 Å². The summed E-state index contributed by atoms with van der Waals surface area (Å²) in [7, 11) is 5.61. The Morgan fingerprint density at radius 2 is 2.32 bits per heavy atom. The fraction of sp³-hybridized carbons (Fsp3) is 0.625. The van der Waals surface area contributed by atoms with Crippen LogP contribution in [0.3, 0.4) is 0 Å². The van der Waals surface area contributed by atoms with Gasteiger partial charge in [-0.05, 0) is 30.0 Å². The van der Waals surface area contributed by atoms with Crippen LogP contribution in [0.25, 0.3) is 0 Å². The largest absolute Gasteiger partial charge is 0.379 e. The van der Waals surface area contributed by atoms with Crippen molar-refractivity contribution in [1.82, 2.24) is 15.2 Å². The van der Waals surface area contributed by atoms with Crippen molar-refractivity contribution in [2.75, 3.05) is 39.2 Å². The normalized spacial score (nSPS) is 21.5. The monoisotopic (exact) mass is 306 g/mol. The Morgan fingerprint density at radius 1 is 1.55 bits per heavy atom. The number of hydrogen-bond acceptors (Lipinski definition) is 4. The molecule has 0 radical (unpaired) electrons. The van der Waals surface area contributed by atoms with Crippen molar-refractivity contribution in [2.24, 2.45) is 5.92 Å². The van der Waals surface area contributed by atoms with Crippen LogP contribution in [0.1, 0.15) is 18.9 Å². The molecular formula is C16H26N4O2. The van der Waals surface area contributed by atoms with Crippen LogP contribution in [0.4, 0.5) is 10.6 Å². The van der Waals surface area contributed by atoms with Crippen LogP contribution < -0.4 is 10.2 Å². The van der Waals surface area contributed by atoms with Gasteiger partial charge in [0.2, 0.25) is 0 Å². The van der Waals surface area contributed by atoms with Crippen LogP contribution in [-0.2, 0) is 11.3 Å². The second kappa shape index (κ2) is 7.45. The van der Waals surface area contributed by atoms with E-state index in [2.05, 4.69) is 17.2 Å². The Labute approximate surface area is 132 Å². The maximum Gasteiger partial charge on any atom is 0.317 e. The molecule has 0 bridgehead atoms. The molecule has 1 aliphatic rings. The number of nitrogens with zero attached hydrogens (tertiary/aromatic N) is 3. The third-order valence-corrected chi connectivity index (χ3v) is 4.19. The Balaban J connectivity index is 1.89. The Morgan fingerprint density at radius 3 is 3.00 bits per heavy atom. The van der Waals surface area contributed by atoms with Crippen LogP contribution in [0.2, 0.25) is 0 Å². The van der Waals surface area contributed by atoms with E-state index in [-0.39, 0.29) is 12.1 Å². The second-order valence-corrected chi connectivity index (χ2v) is 6.06. The summed E-state index contributed by atoms with van der Waals surface area (Å²) in [6.07, 6.45) is 2.87. The van der Waals surface area contributed by atoms with Gasteiger partial charge in [-0.1, -0.05) is 6.92 Å². The SMILES string of the molecule is CO[C@H]1CN(C(=O)NCc2ccnc(N(C)C)c2)CC[C@@H]1C. The van der Waals surface area contributed by atoms with E-state index in [4.69, 9.17) is 4.74 Å². The molecule has 2 amide bonds. The van der Waals surface area contributed by atoms with E-state index < -0.39 is 0 Å². The average Bonchev–Trinajstić information content (AvgIpc) is 2.53. The maximum absolute atomic E-state index is 12.3. The van der Waals surface area contributed by atoms with Gasteiger partial charge in [-0.2, -0.15) is 0 Å². The van der Waals surface area contributed by atoms with E-state index in [1.165, 1.54) is 0 Å². The molecule has 22 heavy (non-hydrogen) atoms. The first kappa shape index (κ1) is 16.5. The van der Waals surface area contributed by atoms with Crippen molar-refractivity contribution in [3.63, 3.8) is 0 Å². The van der Waals surface area contributed by atoms with Crippen molar-refractivity contribution in [3.8, 4) is 0 Å². The molecule has 0 saturated carbocycles. The molecule has 2 rings (SSSR count). The molecule has 2 heterocycles. The van der Waals surface area contributed by atoms with Crippen LogP contribution in [0.15, 0.2) is 18.3 Å². The Hall–Kier alpha value is -1.82. The van der Waals surface area contributed by atoms with Crippen LogP contribution in [0, 0.1) is 5.92 Å². The van der Waals surface area contributed by atoms with Crippen LogP contribution >= 0.6 is 0 Å². The maximum atomic E-state index is 12.3. The van der Waals surface area contributed by atoms with E-state index in [1.807, 2.05) is 36.0 Å². The van der Waals surface area contributed by atoms with Gasteiger partial charge < -0.3 is 19.9 Å². The summed E-state index contributed by atoms with van der Waals surface area (Å²) in [6, 6.07) is 3.87. The van der Waals surface area contributed by atoms with Gasteiger partial charge in [0.15, 0.2) is 0 Å². The number of carbonyl (C=O) groups is 1. The lowest BCUT2D eigenvalue weighted by atomic mass is 9.96. The molecule has 1 saturated heterocycles. The minimum absolute atomic E-state index is 0.0304.